The third-order valence-corrected chi connectivity index (χ3v) is 4.21. The summed E-state index contributed by atoms with van der Waals surface area (Å²) in [5.41, 5.74) is 4.49. The molecule has 0 aliphatic carbocycles. The number of fused-ring (bicyclic) bond motifs is 1. The molecule has 0 bridgehead atoms. The van der Waals surface area contributed by atoms with E-state index in [0.29, 0.717) is 23.4 Å². The first kappa shape index (κ1) is 17.7. The van der Waals surface area contributed by atoms with Gasteiger partial charge in [-0.3, -0.25) is 4.79 Å². The molecule has 0 saturated heterocycles. The molecule has 0 radical (unpaired) electrons. The molecule has 3 aromatic rings. The van der Waals surface area contributed by atoms with Crippen LogP contribution in [0.5, 0.6) is 0 Å². The molecule has 0 atom stereocenters. The molecule has 3 rings (SSSR count). The van der Waals surface area contributed by atoms with Crippen LogP contribution in [0.15, 0.2) is 42.6 Å². The maximum absolute atomic E-state index is 12.5. The predicted octanol–water partition coefficient (Wildman–Crippen LogP) is 3.63. The molecule has 0 saturated carbocycles. The fourth-order valence-corrected chi connectivity index (χ4v) is 2.79. The number of nitrogens with one attached hydrogen (secondary N) is 1. The molecule has 0 aliphatic rings. The Morgan fingerprint density at radius 1 is 1.08 bits per heavy atom. The van der Waals surface area contributed by atoms with E-state index in [9.17, 15) is 9.59 Å². The van der Waals surface area contributed by atoms with Gasteiger partial charge in [-0.2, -0.15) is 0 Å². The summed E-state index contributed by atoms with van der Waals surface area (Å²) in [6.45, 7) is 6.14. The van der Waals surface area contributed by atoms with Crippen molar-refractivity contribution in [1.82, 2.24) is 9.38 Å². The number of esters is 1. The number of carbonyl (C=O) groups excluding carboxylic acids is 2. The van der Waals surface area contributed by atoms with Gasteiger partial charge in [-0.05, 0) is 56.7 Å². The summed E-state index contributed by atoms with van der Waals surface area (Å²) in [4.78, 5) is 28.7. The van der Waals surface area contributed by atoms with E-state index in [-0.39, 0.29) is 11.9 Å². The van der Waals surface area contributed by atoms with Crippen molar-refractivity contribution in [3.63, 3.8) is 0 Å². The minimum Gasteiger partial charge on any atom is -0.462 e. The number of rotatable bonds is 5. The molecule has 1 amide bonds. The molecule has 0 spiro atoms. The van der Waals surface area contributed by atoms with Gasteiger partial charge in [0.1, 0.15) is 5.65 Å². The van der Waals surface area contributed by atoms with E-state index in [1.54, 1.807) is 43.5 Å². The zero-order valence-electron chi connectivity index (χ0n) is 15.1. The summed E-state index contributed by atoms with van der Waals surface area (Å²) in [6, 6.07) is 10.2. The number of imidazole rings is 1. The van der Waals surface area contributed by atoms with Crippen LogP contribution in [-0.4, -0.2) is 27.9 Å². The highest BCUT2D eigenvalue weighted by Gasteiger charge is 2.12. The van der Waals surface area contributed by atoms with Crippen molar-refractivity contribution in [1.29, 1.82) is 0 Å². The first-order chi connectivity index (χ1) is 12.5. The smallest absolute Gasteiger partial charge is 0.338 e. The molecule has 0 aliphatic heterocycles. The second kappa shape index (κ2) is 7.39. The molecule has 6 nitrogen and oxygen atoms in total. The van der Waals surface area contributed by atoms with Crippen molar-refractivity contribution >= 4 is 23.2 Å². The van der Waals surface area contributed by atoms with Crippen LogP contribution < -0.4 is 5.32 Å². The average molecular weight is 351 g/mol. The van der Waals surface area contributed by atoms with E-state index in [4.69, 9.17) is 4.74 Å². The van der Waals surface area contributed by atoms with E-state index < -0.39 is 0 Å². The van der Waals surface area contributed by atoms with Gasteiger partial charge in [-0.25, -0.2) is 9.78 Å². The molecule has 0 unspecified atom stereocenters. The van der Waals surface area contributed by atoms with E-state index in [0.717, 1.165) is 23.5 Å². The summed E-state index contributed by atoms with van der Waals surface area (Å²) < 4.78 is 6.87. The van der Waals surface area contributed by atoms with Crippen LogP contribution >= 0.6 is 0 Å². The van der Waals surface area contributed by atoms with Gasteiger partial charge in [0.05, 0.1) is 23.4 Å². The highest BCUT2D eigenvalue weighted by atomic mass is 16.5. The number of aryl methyl sites for hydroxylation is 2. The number of ether oxygens (including phenoxy) is 1. The van der Waals surface area contributed by atoms with E-state index in [1.165, 1.54) is 0 Å². The molecule has 1 N–H and O–H groups in total. The quantitative estimate of drug-likeness (QED) is 0.713. The normalized spacial score (nSPS) is 10.7. The summed E-state index contributed by atoms with van der Waals surface area (Å²) in [7, 11) is 0. The number of amides is 1. The molecular formula is C20H21N3O3. The molecule has 2 aromatic heterocycles. The van der Waals surface area contributed by atoms with Gasteiger partial charge in [-0.1, -0.05) is 6.92 Å². The van der Waals surface area contributed by atoms with E-state index >= 15 is 0 Å². The fraction of sp³-hybridized carbons (Fsp3) is 0.250. The van der Waals surface area contributed by atoms with E-state index in [2.05, 4.69) is 17.2 Å². The maximum Gasteiger partial charge on any atom is 0.338 e. The third kappa shape index (κ3) is 3.44. The van der Waals surface area contributed by atoms with E-state index in [1.807, 2.05) is 17.4 Å². The summed E-state index contributed by atoms with van der Waals surface area (Å²) in [5.74, 6) is -0.597. The van der Waals surface area contributed by atoms with Crippen LogP contribution in [0.1, 0.15) is 46.0 Å². The first-order valence-electron chi connectivity index (χ1n) is 8.59. The Kier molecular flexibility index (Phi) is 5.02. The van der Waals surface area contributed by atoms with Crippen molar-refractivity contribution < 1.29 is 14.3 Å². The zero-order chi connectivity index (χ0) is 18.7. The van der Waals surface area contributed by atoms with Crippen molar-refractivity contribution in [3.8, 4) is 0 Å². The Morgan fingerprint density at radius 2 is 1.77 bits per heavy atom. The summed E-state index contributed by atoms with van der Waals surface area (Å²) >= 11 is 0. The molecule has 6 heteroatoms. The van der Waals surface area contributed by atoms with Gasteiger partial charge >= 0.3 is 5.97 Å². The lowest BCUT2D eigenvalue weighted by Gasteiger charge is -2.07. The number of benzene rings is 1. The second-order valence-electron chi connectivity index (χ2n) is 5.90. The minimum absolute atomic E-state index is 0.220. The van der Waals surface area contributed by atoms with Crippen molar-refractivity contribution in [2.45, 2.75) is 27.2 Å². The number of carbonyl (C=O) groups is 2. The van der Waals surface area contributed by atoms with Crippen molar-refractivity contribution in [2.24, 2.45) is 0 Å². The lowest BCUT2D eigenvalue weighted by atomic mass is 10.2. The number of hydrogen-bond acceptors (Lipinski definition) is 4. The van der Waals surface area contributed by atoms with Crippen molar-refractivity contribution in [3.05, 3.63) is 65.1 Å². The lowest BCUT2D eigenvalue weighted by Crippen LogP contribution is -2.13. The largest absolute Gasteiger partial charge is 0.462 e. The summed E-state index contributed by atoms with van der Waals surface area (Å²) in [5, 5.41) is 2.84. The van der Waals surface area contributed by atoms with Gasteiger partial charge < -0.3 is 14.5 Å². The number of anilines is 1. The van der Waals surface area contributed by atoms with Gasteiger partial charge in [0, 0.05) is 17.6 Å². The van der Waals surface area contributed by atoms with Crippen LogP contribution in [0.2, 0.25) is 0 Å². The minimum atomic E-state index is -0.377. The maximum atomic E-state index is 12.5. The lowest BCUT2D eigenvalue weighted by molar-refractivity contribution is 0.0526. The highest BCUT2D eigenvalue weighted by molar-refractivity contribution is 6.04. The Balaban J connectivity index is 1.78. The Morgan fingerprint density at radius 3 is 2.42 bits per heavy atom. The zero-order valence-corrected chi connectivity index (χ0v) is 15.1. The standard InChI is InChI=1S/C20H21N3O3/c1-4-17-13(3)23-12-15(8-11-18(23)22-17)19(24)21-16-9-6-14(7-10-16)20(25)26-5-2/h6-12H,4-5H2,1-3H3,(H,21,24). The van der Waals surface area contributed by atoms with Crippen molar-refractivity contribution in [2.75, 3.05) is 11.9 Å². The molecule has 26 heavy (non-hydrogen) atoms. The number of aromatic nitrogens is 2. The topological polar surface area (TPSA) is 72.7 Å². The Hall–Kier alpha value is -3.15. The molecule has 134 valence electrons. The molecule has 1 aromatic carbocycles. The monoisotopic (exact) mass is 351 g/mol. The van der Waals surface area contributed by atoms with Crippen LogP contribution in [0.4, 0.5) is 5.69 Å². The van der Waals surface area contributed by atoms with Gasteiger partial charge in [0.15, 0.2) is 0 Å². The van der Waals surface area contributed by atoms with Crippen LogP contribution in [0.3, 0.4) is 0 Å². The number of nitrogens with zero attached hydrogens (tertiary/aromatic N) is 2. The number of pyridine rings is 1. The Bertz CT molecular complexity index is 958. The highest BCUT2D eigenvalue weighted by Crippen LogP contribution is 2.16. The fourth-order valence-electron chi connectivity index (χ4n) is 2.79. The number of hydrogen-bond donors (Lipinski definition) is 1. The first-order valence-corrected chi connectivity index (χ1v) is 8.59. The predicted molar refractivity (Wildman–Crippen MR) is 99.7 cm³/mol. The van der Waals surface area contributed by atoms with Gasteiger partial charge in [0.25, 0.3) is 5.91 Å². The van der Waals surface area contributed by atoms with Gasteiger partial charge in [-0.15, -0.1) is 0 Å². The van der Waals surface area contributed by atoms with Crippen LogP contribution in [0, 0.1) is 6.92 Å². The Labute approximate surface area is 151 Å². The summed E-state index contributed by atoms with van der Waals surface area (Å²) in [6.07, 6.45) is 2.64. The van der Waals surface area contributed by atoms with Crippen LogP contribution in [-0.2, 0) is 11.2 Å². The average Bonchev–Trinajstić information content (AvgIpc) is 2.98. The molecule has 0 fully saturated rings. The SMILES string of the molecule is CCOC(=O)c1ccc(NC(=O)c2ccc3nc(CC)c(C)n3c2)cc1. The van der Waals surface area contributed by atoms with Crippen LogP contribution in [0.25, 0.3) is 5.65 Å². The molecular weight excluding hydrogens is 330 g/mol. The van der Waals surface area contributed by atoms with Gasteiger partial charge in [0.2, 0.25) is 0 Å². The molecule has 2 heterocycles. The third-order valence-electron chi connectivity index (χ3n) is 4.21. The second-order valence-corrected chi connectivity index (χ2v) is 5.90.